The maximum atomic E-state index is 12.6. The molecule has 9 heteroatoms. The molecule has 0 atom stereocenters. The maximum absolute atomic E-state index is 12.6. The van der Waals surface area contributed by atoms with E-state index in [2.05, 4.69) is 15.8 Å². The van der Waals surface area contributed by atoms with Crippen molar-refractivity contribution in [3.8, 4) is 0 Å². The molecule has 0 radical (unpaired) electrons. The van der Waals surface area contributed by atoms with Gasteiger partial charge in [0, 0.05) is 11.5 Å². The van der Waals surface area contributed by atoms with Gasteiger partial charge in [-0.25, -0.2) is 0 Å². The van der Waals surface area contributed by atoms with Crippen molar-refractivity contribution in [2.24, 2.45) is 5.10 Å². The van der Waals surface area contributed by atoms with E-state index in [9.17, 15) is 13.2 Å². The molecule has 1 aliphatic heterocycles. The average molecular weight is 354 g/mol. The van der Waals surface area contributed by atoms with Gasteiger partial charge in [-0.15, -0.1) is 0 Å². The molecule has 3 nitrogen and oxygen atoms in total. The molecule has 0 aromatic heterocycles. The highest BCUT2D eigenvalue weighted by Crippen LogP contribution is 2.33. The van der Waals surface area contributed by atoms with Crippen molar-refractivity contribution in [3.05, 3.63) is 28.8 Å². The van der Waals surface area contributed by atoms with Gasteiger partial charge in [0.2, 0.25) is 0 Å². The highest BCUT2D eigenvalue weighted by Gasteiger charge is 2.31. The molecule has 0 aliphatic carbocycles. The molecule has 2 N–H and O–H groups in total. The van der Waals surface area contributed by atoms with Crippen LogP contribution in [0.1, 0.15) is 12.0 Å². The van der Waals surface area contributed by atoms with E-state index in [0.29, 0.717) is 0 Å². The highest BCUT2D eigenvalue weighted by atomic mass is 35.5. The zero-order valence-electron chi connectivity index (χ0n) is 10.6. The lowest BCUT2D eigenvalue weighted by molar-refractivity contribution is -0.137. The fourth-order valence-electron chi connectivity index (χ4n) is 1.62. The van der Waals surface area contributed by atoms with E-state index < -0.39 is 11.7 Å². The third kappa shape index (κ3) is 4.76. The van der Waals surface area contributed by atoms with Gasteiger partial charge < -0.3 is 5.32 Å². The first kappa shape index (κ1) is 16.4. The summed E-state index contributed by atoms with van der Waals surface area (Å²) in [5.74, 6) is 1.85. The summed E-state index contributed by atoms with van der Waals surface area (Å²) in [6.45, 7) is 0. The van der Waals surface area contributed by atoms with Crippen molar-refractivity contribution in [2.45, 2.75) is 12.6 Å². The predicted molar refractivity (Wildman–Crippen MR) is 85.2 cm³/mol. The van der Waals surface area contributed by atoms with Crippen LogP contribution in [-0.4, -0.2) is 22.3 Å². The Morgan fingerprint density at radius 2 is 2.14 bits per heavy atom. The minimum atomic E-state index is -4.43. The van der Waals surface area contributed by atoms with Crippen molar-refractivity contribution in [1.82, 2.24) is 5.43 Å². The van der Waals surface area contributed by atoms with Gasteiger partial charge in [-0.2, -0.15) is 30.0 Å². The van der Waals surface area contributed by atoms with Gasteiger partial charge >= 0.3 is 6.18 Å². The Labute approximate surface area is 134 Å². The summed E-state index contributed by atoms with van der Waals surface area (Å²) in [4.78, 5) is 0. The number of halogens is 4. The molecule has 1 aromatic rings. The lowest BCUT2D eigenvalue weighted by atomic mass is 10.2. The smallest absolute Gasteiger partial charge is 0.330 e. The molecule has 1 fully saturated rings. The first-order valence-electron chi connectivity index (χ1n) is 5.93. The quantitative estimate of drug-likeness (QED) is 0.619. The van der Waals surface area contributed by atoms with Crippen LogP contribution in [-0.2, 0) is 6.18 Å². The Balaban J connectivity index is 2.04. The van der Waals surface area contributed by atoms with E-state index in [4.69, 9.17) is 23.8 Å². The summed E-state index contributed by atoms with van der Waals surface area (Å²) < 4.78 is 37.9. The van der Waals surface area contributed by atoms with Crippen LogP contribution in [0.3, 0.4) is 0 Å². The number of benzene rings is 1. The molecule has 114 valence electrons. The number of nitrogens with one attached hydrogen (secondary N) is 2. The normalized spacial score (nSPS) is 17.0. The van der Waals surface area contributed by atoms with Gasteiger partial charge in [0.25, 0.3) is 0 Å². The zero-order valence-corrected chi connectivity index (χ0v) is 13.0. The molecule has 21 heavy (non-hydrogen) atoms. The number of rotatable bonds is 2. The molecule has 1 aromatic carbocycles. The second-order valence-electron chi connectivity index (χ2n) is 4.24. The molecule has 0 spiro atoms. The topological polar surface area (TPSA) is 36.4 Å². The fraction of sp³-hybridized carbons (Fsp3) is 0.333. The second kappa shape index (κ2) is 6.85. The van der Waals surface area contributed by atoms with Crippen LogP contribution in [0.4, 0.5) is 18.9 Å². The number of hydrogen-bond acceptors (Lipinski definition) is 3. The van der Waals surface area contributed by atoms with E-state index in [1.165, 1.54) is 6.07 Å². The van der Waals surface area contributed by atoms with E-state index in [1.807, 2.05) is 0 Å². The summed E-state index contributed by atoms with van der Waals surface area (Å²) in [6.07, 6.45) is -3.55. The first-order valence-corrected chi connectivity index (χ1v) is 7.87. The molecule has 0 unspecified atom stereocenters. The van der Waals surface area contributed by atoms with Crippen LogP contribution >= 0.6 is 35.6 Å². The fourth-order valence-corrected chi connectivity index (χ4v) is 2.91. The van der Waals surface area contributed by atoms with Crippen molar-refractivity contribution in [2.75, 3.05) is 16.8 Å². The van der Waals surface area contributed by atoms with Gasteiger partial charge in [-0.1, -0.05) is 11.6 Å². The molecule has 0 bridgehead atoms. The van der Waals surface area contributed by atoms with Crippen LogP contribution < -0.4 is 10.7 Å². The minimum Gasteiger partial charge on any atom is -0.330 e. The third-order valence-electron chi connectivity index (χ3n) is 2.66. The van der Waals surface area contributed by atoms with Gasteiger partial charge in [0.15, 0.2) is 5.11 Å². The Bertz CT molecular complexity index is 567. The highest BCUT2D eigenvalue weighted by molar-refractivity contribution is 8.00. The monoisotopic (exact) mass is 353 g/mol. The lowest BCUT2D eigenvalue weighted by Gasteiger charge is -2.12. The largest absolute Gasteiger partial charge is 0.416 e. The summed E-state index contributed by atoms with van der Waals surface area (Å²) >= 11 is 12.6. The maximum Gasteiger partial charge on any atom is 0.416 e. The van der Waals surface area contributed by atoms with Gasteiger partial charge in [-0.3, -0.25) is 5.43 Å². The number of nitrogens with zero attached hydrogens (tertiary/aromatic N) is 1. The first-order chi connectivity index (χ1) is 9.86. The van der Waals surface area contributed by atoms with Crippen LogP contribution in [0.2, 0.25) is 5.02 Å². The number of thiocarbonyl (C=S) groups is 1. The van der Waals surface area contributed by atoms with Gasteiger partial charge in [-0.05, 0) is 42.6 Å². The molecule has 1 aliphatic rings. The van der Waals surface area contributed by atoms with E-state index in [-0.39, 0.29) is 15.8 Å². The molecular formula is C12H11ClF3N3S2. The lowest BCUT2D eigenvalue weighted by Crippen LogP contribution is -2.25. The number of anilines is 1. The SMILES string of the molecule is FC(F)(F)c1ccc(Cl)c(NC(=S)N/N=C2/CCSC2)c1. The molecular weight excluding hydrogens is 343 g/mol. The predicted octanol–water partition coefficient (Wildman–Crippen LogP) is 4.14. The standard InChI is InChI=1S/C12H11ClF3N3S2/c13-9-2-1-7(12(14,15)16)5-10(9)17-11(20)19-18-8-3-4-21-6-8/h1-2,5H,3-4,6H2,(H2,17,19,20)/b18-8-. The van der Waals surface area contributed by atoms with Gasteiger partial charge in [0.05, 0.1) is 16.3 Å². The van der Waals surface area contributed by atoms with Crippen LogP contribution in [0.25, 0.3) is 0 Å². The molecule has 1 saturated heterocycles. The summed E-state index contributed by atoms with van der Waals surface area (Å²) in [5.41, 5.74) is 2.88. The van der Waals surface area contributed by atoms with Crippen molar-refractivity contribution in [3.63, 3.8) is 0 Å². The Kier molecular flexibility index (Phi) is 5.34. The van der Waals surface area contributed by atoms with E-state index in [0.717, 1.165) is 35.8 Å². The minimum absolute atomic E-state index is 0.0880. The summed E-state index contributed by atoms with van der Waals surface area (Å²) in [7, 11) is 0. The summed E-state index contributed by atoms with van der Waals surface area (Å²) in [6, 6.07) is 3.00. The Morgan fingerprint density at radius 3 is 2.76 bits per heavy atom. The number of hydrogen-bond donors (Lipinski definition) is 2. The van der Waals surface area contributed by atoms with Crippen molar-refractivity contribution < 1.29 is 13.2 Å². The van der Waals surface area contributed by atoms with Crippen molar-refractivity contribution in [1.29, 1.82) is 0 Å². The van der Waals surface area contributed by atoms with Crippen molar-refractivity contribution >= 4 is 52.1 Å². The van der Waals surface area contributed by atoms with Gasteiger partial charge in [0.1, 0.15) is 0 Å². The van der Waals surface area contributed by atoms with E-state index in [1.54, 1.807) is 11.8 Å². The van der Waals surface area contributed by atoms with Crippen LogP contribution in [0, 0.1) is 0 Å². The van der Waals surface area contributed by atoms with Crippen LogP contribution in [0.5, 0.6) is 0 Å². The number of thioether (sulfide) groups is 1. The second-order valence-corrected chi connectivity index (χ2v) is 6.16. The summed E-state index contributed by atoms with van der Waals surface area (Å²) in [5, 5.41) is 6.97. The van der Waals surface area contributed by atoms with E-state index >= 15 is 0 Å². The molecule has 1 heterocycles. The van der Waals surface area contributed by atoms with Crippen LogP contribution in [0.15, 0.2) is 23.3 Å². The third-order valence-corrected chi connectivity index (χ3v) is 4.21. The number of alkyl halides is 3. The molecule has 0 saturated carbocycles. The number of hydrazone groups is 1. The Morgan fingerprint density at radius 1 is 1.38 bits per heavy atom. The molecule has 2 rings (SSSR count). The molecule has 0 amide bonds. The zero-order chi connectivity index (χ0) is 15.5. The Hall–Kier alpha value is -0.990. The average Bonchev–Trinajstić information content (AvgIpc) is 2.91.